The summed E-state index contributed by atoms with van der Waals surface area (Å²) in [5.74, 6) is 0.811. The first kappa shape index (κ1) is 22.4. The van der Waals surface area contributed by atoms with E-state index in [2.05, 4.69) is 86.1 Å². The van der Waals surface area contributed by atoms with Crippen molar-refractivity contribution in [3.63, 3.8) is 0 Å². The molecule has 0 bridgehead atoms. The molecule has 2 aromatic carbocycles. The second-order valence-electron chi connectivity index (χ2n) is 8.83. The number of halogens is 1. The Kier molecular flexibility index (Phi) is 7.29. The third-order valence-electron chi connectivity index (χ3n) is 6.54. The van der Waals surface area contributed by atoms with E-state index in [0.29, 0.717) is 5.15 Å². The van der Waals surface area contributed by atoms with Crippen LogP contribution in [0.3, 0.4) is 0 Å². The molecule has 5 rings (SSSR count). The van der Waals surface area contributed by atoms with Gasteiger partial charge in [-0.25, -0.2) is 9.97 Å². The molecule has 3 heterocycles. The Morgan fingerprint density at radius 3 is 1.91 bits per heavy atom. The molecule has 6 nitrogen and oxygen atoms in total. The SMILES string of the molecule is Clc1cc(C2CNCCN2Cc2ccccc2)nc(C2CNCCN2Cc2ccccc2)n1. The van der Waals surface area contributed by atoms with Gasteiger partial charge in [0.15, 0.2) is 0 Å². The van der Waals surface area contributed by atoms with Crippen molar-refractivity contribution in [1.82, 2.24) is 30.4 Å². The van der Waals surface area contributed by atoms with Gasteiger partial charge in [-0.3, -0.25) is 9.80 Å². The van der Waals surface area contributed by atoms with E-state index >= 15 is 0 Å². The zero-order valence-corrected chi connectivity index (χ0v) is 19.6. The normalized spacial score (nSPS) is 22.3. The van der Waals surface area contributed by atoms with Gasteiger partial charge >= 0.3 is 0 Å². The lowest BCUT2D eigenvalue weighted by molar-refractivity contribution is 0.140. The third-order valence-corrected chi connectivity index (χ3v) is 6.73. The molecule has 2 atom stereocenters. The molecular weight excluding hydrogens is 432 g/mol. The molecule has 0 amide bonds. The van der Waals surface area contributed by atoms with Crippen LogP contribution in [0.1, 0.15) is 34.7 Å². The van der Waals surface area contributed by atoms with Crippen molar-refractivity contribution < 1.29 is 0 Å². The number of piperazine rings is 2. The van der Waals surface area contributed by atoms with E-state index in [9.17, 15) is 0 Å². The van der Waals surface area contributed by atoms with Crippen LogP contribution < -0.4 is 10.6 Å². The molecule has 2 unspecified atom stereocenters. The van der Waals surface area contributed by atoms with E-state index in [1.54, 1.807) is 0 Å². The van der Waals surface area contributed by atoms with Crippen molar-refractivity contribution in [2.24, 2.45) is 0 Å². The molecule has 0 radical (unpaired) electrons. The second kappa shape index (κ2) is 10.7. The van der Waals surface area contributed by atoms with Crippen LogP contribution in [0.4, 0.5) is 0 Å². The number of aromatic nitrogens is 2. The van der Waals surface area contributed by atoms with E-state index in [1.807, 2.05) is 6.07 Å². The number of benzene rings is 2. The summed E-state index contributed by atoms with van der Waals surface area (Å²) in [6.07, 6.45) is 0. The Balaban J connectivity index is 1.40. The van der Waals surface area contributed by atoms with Gasteiger partial charge in [0.25, 0.3) is 0 Å². The average Bonchev–Trinajstić information content (AvgIpc) is 2.86. The third kappa shape index (κ3) is 5.60. The molecule has 3 aromatic rings. The molecule has 1 aromatic heterocycles. The van der Waals surface area contributed by atoms with Gasteiger partial charge in [0.1, 0.15) is 11.0 Å². The zero-order valence-electron chi connectivity index (χ0n) is 18.8. The first-order valence-corrected chi connectivity index (χ1v) is 12.2. The minimum Gasteiger partial charge on any atom is -0.313 e. The Morgan fingerprint density at radius 1 is 0.758 bits per heavy atom. The first-order chi connectivity index (χ1) is 16.3. The second-order valence-corrected chi connectivity index (χ2v) is 9.21. The van der Waals surface area contributed by atoms with Crippen molar-refractivity contribution >= 4 is 11.6 Å². The lowest BCUT2D eigenvalue weighted by Gasteiger charge is -2.37. The first-order valence-electron chi connectivity index (χ1n) is 11.8. The van der Waals surface area contributed by atoms with Crippen LogP contribution in [-0.4, -0.2) is 59.0 Å². The monoisotopic (exact) mass is 462 g/mol. The highest BCUT2D eigenvalue weighted by Crippen LogP contribution is 2.28. The van der Waals surface area contributed by atoms with Crippen molar-refractivity contribution in [1.29, 1.82) is 0 Å². The molecule has 2 aliphatic heterocycles. The summed E-state index contributed by atoms with van der Waals surface area (Å²) in [6, 6.07) is 23.4. The van der Waals surface area contributed by atoms with Crippen molar-refractivity contribution in [2.45, 2.75) is 25.2 Å². The Labute approximate surface area is 201 Å². The summed E-state index contributed by atoms with van der Waals surface area (Å²) in [4.78, 5) is 14.7. The van der Waals surface area contributed by atoms with Crippen LogP contribution in [-0.2, 0) is 13.1 Å². The van der Waals surface area contributed by atoms with Gasteiger partial charge in [0, 0.05) is 52.4 Å². The van der Waals surface area contributed by atoms with E-state index < -0.39 is 0 Å². The van der Waals surface area contributed by atoms with Gasteiger partial charge in [0.05, 0.1) is 17.8 Å². The Morgan fingerprint density at radius 2 is 1.30 bits per heavy atom. The smallest absolute Gasteiger partial charge is 0.148 e. The number of hydrogen-bond acceptors (Lipinski definition) is 6. The minimum absolute atomic E-state index is 0.0931. The largest absolute Gasteiger partial charge is 0.313 e. The van der Waals surface area contributed by atoms with Crippen molar-refractivity contribution in [3.8, 4) is 0 Å². The molecule has 172 valence electrons. The zero-order chi connectivity index (χ0) is 22.5. The maximum absolute atomic E-state index is 6.58. The quantitative estimate of drug-likeness (QED) is 0.547. The van der Waals surface area contributed by atoms with Crippen LogP contribution >= 0.6 is 11.6 Å². The van der Waals surface area contributed by atoms with E-state index in [4.69, 9.17) is 16.6 Å². The van der Waals surface area contributed by atoms with Crippen LogP contribution in [0.2, 0.25) is 5.15 Å². The molecule has 33 heavy (non-hydrogen) atoms. The summed E-state index contributed by atoms with van der Waals surface area (Å²) < 4.78 is 0. The van der Waals surface area contributed by atoms with Crippen LogP contribution in [0.5, 0.6) is 0 Å². The summed E-state index contributed by atoms with van der Waals surface area (Å²) in [7, 11) is 0. The maximum atomic E-state index is 6.58. The fourth-order valence-electron chi connectivity index (χ4n) is 4.83. The predicted molar refractivity (Wildman–Crippen MR) is 132 cm³/mol. The van der Waals surface area contributed by atoms with Crippen molar-refractivity contribution in [2.75, 3.05) is 39.3 Å². The molecule has 2 fully saturated rings. The van der Waals surface area contributed by atoms with Crippen LogP contribution in [0, 0.1) is 0 Å². The van der Waals surface area contributed by atoms with Gasteiger partial charge in [-0.2, -0.15) is 0 Å². The fraction of sp³-hybridized carbons (Fsp3) is 0.385. The minimum atomic E-state index is 0.0931. The van der Waals surface area contributed by atoms with Crippen LogP contribution in [0.15, 0.2) is 66.7 Å². The number of hydrogen-bond donors (Lipinski definition) is 2. The van der Waals surface area contributed by atoms with E-state index in [-0.39, 0.29) is 12.1 Å². The molecule has 0 spiro atoms. The number of nitrogens with one attached hydrogen (secondary N) is 2. The predicted octanol–water partition coefficient (Wildman–Crippen LogP) is 3.42. The van der Waals surface area contributed by atoms with Gasteiger partial charge in [-0.05, 0) is 17.2 Å². The average molecular weight is 463 g/mol. The molecule has 7 heteroatoms. The lowest BCUT2D eigenvalue weighted by Crippen LogP contribution is -2.47. The highest BCUT2D eigenvalue weighted by Gasteiger charge is 2.30. The van der Waals surface area contributed by atoms with Gasteiger partial charge in [-0.15, -0.1) is 0 Å². The van der Waals surface area contributed by atoms with E-state index in [1.165, 1.54) is 11.1 Å². The highest BCUT2D eigenvalue weighted by molar-refractivity contribution is 6.29. The molecule has 2 aliphatic rings. The molecule has 2 N–H and O–H groups in total. The van der Waals surface area contributed by atoms with Gasteiger partial charge < -0.3 is 10.6 Å². The van der Waals surface area contributed by atoms with Gasteiger partial charge in [0.2, 0.25) is 0 Å². The molecule has 2 saturated heterocycles. The van der Waals surface area contributed by atoms with Crippen molar-refractivity contribution in [3.05, 3.63) is 94.5 Å². The lowest BCUT2D eigenvalue weighted by atomic mass is 10.1. The number of nitrogens with zero attached hydrogens (tertiary/aromatic N) is 4. The van der Waals surface area contributed by atoms with E-state index in [0.717, 1.165) is 63.9 Å². The van der Waals surface area contributed by atoms with Gasteiger partial charge in [-0.1, -0.05) is 72.3 Å². The standard InChI is InChI=1S/C26H31ClN6/c27-25-15-22(23-16-28-11-13-32(23)18-20-7-3-1-4-8-20)30-26(31-25)24-17-29-12-14-33(24)19-21-9-5-2-6-10-21/h1-10,15,23-24,28-29H,11-14,16-19H2. The Bertz CT molecular complexity index is 952. The Hall–Kier alpha value is -2.35. The molecule has 0 saturated carbocycles. The molecule has 0 aliphatic carbocycles. The summed E-state index contributed by atoms with van der Waals surface area (Å²) in [6.45, 7) is 7.33. The summed E-state index contributed by atoms with van der Waals surface area (Å²) in [5.41, 5.74) is 3.62. The highest BCUT2D eigenvalue weighted by atomic mass is 35.5. The van der Waals surface area contributed by atoms with Crippen LogP contribution in [0.25, 0.3) is 0 Å². The number of rotatable bonds is 6. The molecular formula is C26H31ClN6. The fourth-order valence-corrected chi connectivity index (χ4v) is 5.02. The topological polar surface area (TPSA) is 56.3 Å². The summed E-state index contributed by atoms with van der Waals surface area (Å²) in [5, 5.41) is 7.58. The maximum Gasteiger partial charge on any atom is 0.148 e. The summed E-state index contributed by atoms with van der Waals surface area (Å²) >= 11 is 6.58.